The number of methoxy groups -OCH3 is 1. The van der Waals surface area contributed by atoms with Crippen molar-refractivity contribution >= 4 is 5.69 Å². The number of ether oxygens (including phenoxy) is 1. The van der Waals surface area contributed by atoms with Crippen LogP contribution in [0.3, 0.4) is 0 Å². The summed E-state index contributed by atoms with van der Waals surface area (Å²) in [5.41, 5.74) is 8.40. The Morgan fingerprint density at radius 1 is 1.44 bits per heavy atom. The maximum absolute atomic E-state index is 5.71. The third-order valence-corrected chi connectivity index (χ3v) is 2.48. The Kier molecular flexibility index (Phi) is 2.81. The first-order valence-electron chi connectivity index (χ1n) is 5.21. The Bertz CT molecular complexity index is 491. The molecule has 0 fully saturated rings. The van der Waals surface area contributed by atoms with E-state index in [1.165, 1.54) is 0 Å². The van der Waals surface area contributed by atoms with Crippen LogP contribution in [0.25, 0.3) is 5.69 Å². The van der Waals surface area contributed by atoms with E-state index in [-0.39, 0.29) is 0 Å². The fourth-order valence-electron chi connectivity index (χ4n) is 1.59. The maximum atomic E-state index is 5.71. The number of hydrogen-bond acceptors (Lipinski definition) is 3. The van der Waals surface area contributed by atoms with Gasteiger partial charge in [-0.3, -0.25) is 0 Å². The van der Waals surface area contributed by atoms with Crippen molar-refractivity contribution in [3.8, 4) is 11.4 Å². The summed E-state index contributed by atoms with van der Waals surface area (Å²) in [5, 5.41) is 0. The lowest BCUT2D eigenvalue weighted by Gasteiger charge is -2.09. The van der Waals surface area contributed by atoms with Gasteiger partial charge in [0.2, 0.25) is 0 Å². The van der Waals surface area contributed by atoms with Crippen molar-refractivity contribution in [2.24, 2.45) is 0 Å². The molecule has 0 atom stereocenters. The van der Waals surface area contributed by atoms with Crippen LogP contribution in [-0.4, -0.2) is 16.7 Å². The third-order valence-electron chi connectivity index (χ3n) is 2.48. The molecule has 0 aliphatic rings. The summed E-state index contributed by atoms with van der Waals surface area (Å²) in [5.74, 6) is 0.750. The fourth-order valence-corrected chi connectivity index (χ4v) is 1.59. The monoisotopic (exact) mass is 217 g/mol. The standard InChI is InChI=1S/C12H15N3O/c1-3-10-7-15(8-14-10)11-5-4-9(13)6-12(11)16-2/h4-8H,3,13H2,1-2H3. The molecule has 1 aromatic carbocycles. The molecule has 84 valence electrons. The average Bonchev–Trinajstić information content (AvgIpc) is 2.77. The fraction of sp³-hybridized carbons (Fsp3) is 0.250. The second-order valence-electron chi connectivity index (χ2n) is 3.56. The van der Waals surface area contributed by atoms with E-state index in [1.54, 1.807) is 19.5 Å². The van der Waals surface area contributed by atoms with Gasteiger partial charge in [-0.05, 0) is 18.6 Å². The van der Waals surface area contributed by atoms with Crippen molar-refractivity contribution < 1.29 is 4.74 Å². The molecule has 0 spiro atoms. The van der Waals surface area contributed by atoms with Crippen LogP contribution in [0.15, 0.2) is 30.7 Å². The van der Waals surface area contributed by atoms with E-state index < -0.39 is 0 Å². The summed E-state index contributed by atoms with van der Waals surface area (Å²) in [6, 6.07) is 5.58. The maximum Gasteiger partial charge on any atom is 0.144 e. The van der Waals surface area contributed by atoms with Crippen molar-refractivity contribution in [3.05, 3.63) is 36.4 Å². The number of aromatic nitrogens is 2. The van der Waals surface area contributed by atoms with Gasteiger partial charge in [0, 0.05) is 18.0 Å². The van der Waals surface area contributed by atoms with Gasteiger partial charge in [0.1, 0.15) is 5.75 Å². The molecule has 2 rings (SSSR count). The van der Waals surface area contributed by atoms with Gasteiger partial charge < -0.3 is 15.0 Å². The van der Waals surface area contributed by atoms with Gasteiger partial charge in [-0.15, -0.1) is 0 Å². The highest BCUT2D eigenvalue weighted by Crippen LogP contribution is 2.25. The molecule has 16 heavy (non-hydrogen) atoms. The first-order valence-corrected chi connectivity index (χ1v) is 5.21. The number of hydrogen-bond donors (Lipinski definition) is 1. The second kappa shape index (κ2) is 4.26. The number of aryl methyl sites for hydroxylation is 1. The molecular formula is C12H15N3O. The largest absolute Gasteiger partial charge is 0.494 e. The molecule has 0 saturated carbocycles. The summed E-state index contributed by atoms with van der Waals surface area (Å²) < 4.78 is 7.24. The summed E-state index contributed by atoms with van der Waals surface area (Å²) in [4.78, 5) is 4.29. The Morgan fingerprint density at radius 3 is 2.88 bits per heavy atom. The van der Waals surface area contributed by atoms with Gasteiger partial charge in [-0.25, -0.2) is 4.98 Å². The van der Waals surface area contributed by atoms with Crippen molar-refractivity contribution in [1.29, 1.82) is 0 Å². The molecule has 0 bridgehead atoms. The zero-order chi connectivity index (χ0) is 11.5. The number of imidazole rings is 1. The molecule has 2 N–H and O–H groups in total. The average molecular weight is 217 g/mol. The van der Waals surface area contributed by atoms with Crippen LogP contribution in [0.5, 0.6) is 5.75 Å². The highest BCUT2D eigenvalue weighted by molar-refractivity contribution is 5.55. The molecular weight excluding hydrogens is 202 g/mol. The van der Waals surface area contributed by atoms with E-state index >= 15 is 0 Å². The normalized spacial score (nSPS) is 10.4. The Morgan fingerprint density at radius 2 is 2.25 bits per heavy atom. The van der Waals surface area contributed by atoms with E-state index in [2.05, 4.69) is 11.9 Å². The van der Waals surface area contributed by atoms with Crippen molar-refractivity contribution in [3.63, 3.8) is 0 Å². The van der Waals surface area contributed by atoms with Crippen LogP contribution in [0.2, 0.25) is 0 Å². The number of rotatable bonds is 3. The topological polar surface area (TPSA) is 53.1 Å². The van der Waals surface area contributed by atoms with E-state index in [9.17, 15) is 0 Å². The molecule has 1 heterocycles. The van der Waals surface area contributed by atoms with Crippen LogP contribution in [0.4, 0.5) is 5.69 Å². The predicted octanol–water partition coefficient (Wildman–Crippen LogP) is 2.03. The molecule has 0 aliphatic heterocycles. The first kappa shape index (κ1) is 10.5. The van der Waals surface area contributed by atoms with Gasteiger partial charge in [-0.1, -0.05) is 6.92 Å². The Balaban J connectivity index is 2.46. The zero-order valence-corrected chi connectivity index (χ0v) is 9.47. The van der Waals surface area contributed by atoms with Crippen LogP contribution >= 0.6 is 0 Å². The predicted molar refractivity (Wildman–Crippen MR) is 63.9 cm³/mol. The smallest absolute Gasteiger partial charge is 0.144 e. The Labute approximate surface area is 94.7 Å². The summed E-state index contributed by atoms with van der Waals surface area (Å²) in [7, 11) is 1.63. The molecule has 0 aliphatic carbocycles. The van der Waals surface area contributed by atoms with E-state index in [4.69, 9.17) is 10.5 Å². The number of nitrogen functional groups attached to an aromatic ring is 1. The van der Waals surface area contributed by atoms with Gasteiger partial charge in [0.25, 0.3) is 0 Å². The van der Waals surface area contributed by atoms with Crippen molar-refractivity contribution in [1.82, 2.24) is 9.55 Å². The number of anilines is 1. The van der Waals surface area contributed by atoms with Gasteiger partial charge in [0.05, 0.1) is 24.8 Å². The minimum atomic E-state index is 0.691. The lowest BCUT2D eigenvalue weighted by molar-refractivity contribution is 0.413. The van der Waals surface area contributed by atoms with Crippen LogP contribution in [0, 0.1) is 0 Å². The summed E-state index contributed by atoms with van der Waals surface area (Å²) in [6.07, 6.45) is 4.70. The van der Waals surface area contributed by atoms with Crippen molar-refractivity contribution in [2.75, 3.05) is 12.8 Å². The number of nitrogens with zero attached hydrogens (tertiary/aromatic N) is 2. The van der Waals surface area contributed by atoms with E-state index in [0.29, 0.717) is 5.69 Å². The number of nitrogens with two attached hydrogens (primary N) is 1. The summed E-state index contributed by atoms with van der Waals surface area (Å²) in [6.45, 7) is 2.08. The molecule has 0 unspecified atom stereocenters. The lowest BCUT2D eigenvalue weighted by atomic mass is 10.2. The molecule has 4 nitrogen and oxygen atoms in total. The number of benzene rings is 1. The minimum Gasteiger partial charge on any atom is -0.494 e. The molecule has 0 amide bonds. The first-order chi connectivity index (χ1) is 7.74. The van der Waals surface area contributed by atoms with Gasteiger partial charge >= 0.3 is 0 Å². The highest BCUT2D eigenvalue weighted by atomic mass is 16.5. The van der Waals surface area contributed by atoms with Crippen LogP contribution in [0.1, 0.15) is 12.6 Å². The second-order valence-corrected chi connectivity index (χ2v) is 3.56. The van der Waals surface area contributed by atoms with Gasteiger partial charge in [0.15, 0.2) is 0 Å². The van der Waals surface area contributed by atoms with Crippen molar-refractivity contribution in [2.45, 2.75) is 13.3 Å². The molecule has 4 heteroatoms. The molecule has 0 radical (unpaired) electrons. The zero-order valence-electron chi connectivity index (χ0n) is 9.47. The van der Waals surface area contributed by atoms with Crippen LogP contribution in [-0.2, 0) is 6.42 Å². The van der Waals surface area contributed by atoms with Gasteiger partial charge in [-0.2, -0.15) is 0 Å². The molecule has 2 aromatic rings. The van der Waals surface area contributed by atoms with E-state index in [1.807, 2.05) is 22.9 Å². The highest BCUT2D eigenvalue weighted by Gasteiger charge is 2.06. The summed E-state index contributed by atoms with van der Waals surface area (Å²) >= 11 is 0. The third kappa shape index (κ3) is 1.86. The minimum absolute atomic E-state index is 0.691. The SMILES string of the molecule is CCc1cn(-c2ccc(N)cc2OC)cn1. The molecule has 0 saturated heterocycles. The lowest BCUT2D eigenvalue weighted by Crippen LogP contribution is -1.97. The Hall–Kier alpha value is -1.97. The molecule has 1 aromatic heterocycles. The van der Waals surface area contributed by atoms with Crippen LogP contribution < -0.4 is 10.5 Å². The quantitative estimate of drug-likeness (QED) is 0.800. The van der Waals surface area contributed by atoms with E-state index in [0.717, 1.165) is 23.6 Å².